The van der Waals surface area contributed by atoms with Crippen LogP contribution in [0.4, 0.5) is 0 Å². The van der Waals surface area contributed by atoms with Gasteiger partial charge >= 0.3 is 5.97 Å². The van der Waals surface area contributed by atoms with Crippen molar-refractivity contribution in [2.24, 2.45) is 0 Å². The summed E-state index contributed by atoms with van der Waals surface area (Å²) in [5.74, 6) is -0.237. The van der Waals surface area contributed by atoms with Crippen LogP contribution >= 0.6 is 22.6 Å². The third kappa shape index (κ3) is 3.33. The lowest BCUT2D eigenvalue weighted by Crippen LogP contribution is -2.06. The van der Waals surface area contributed by atoms with Gasteiger partial charge in [-0.05, 0) is 66.6 Å². The molecule has 86 valence electrons. The van der Waals surface area contributed by atoms with Gasteiger partial charge in [-0.2, -0.15) is 0 Å². The Kier molecular flexibility index (Phi) is 4.99. The second-order valence-corrected chi connectivity index (χ2v) is 4.73. The third-order valence-corrected chi connectivity index (χ3v) is 3.07. The normalized spacial score (nSPS) is 12.0. The maximum absolute atomic E-state index is 11.6. The van der Waals surface area contributed by atoms with E-state index in [1.165, 1.54) is 0 Å². The molecule has 0 radical (unpaired) electrons. The first-order chi connectivity index (χ1) is 7.56. The van der Waals surface area contributed by atoms with Crippen molar-refractivity contribution in [1.29, 1.82) is 0 Å². The summed E-state index contributed by atoms with van der Waals surface area (Å²) in [4.78, 5) is 11.6. The van der Waals surface area contributed by atoms with Crippen molar-refractivity contribution in [3.63, 3.8) is 0 Å². The summed E-state index contributed by atoms with van der Waals surface area (Å²) in [7, 11) is 0. The van der Waals surface area contributed by atoms with Gasteiger partial charge < -0.3 is 4.74 Å². The minimum atomic E-state index is -0.237. The van der Waals surface area contributed by atoms with Crippen LogP contribution in [0, 0.1) is 3.57 Å². The first-order valence-corrected chi connectivity index (χ1v) is 6.24. The second kappa shape index (κ2) is 6.03. The highest BCUT2D eigenvalue weighted by Gasteiger charge is 2.09. The average molecular weight is 330 g/mol. The zero-order valence-corrected chi connectivity index (χ0v) is 11.9. The second-order valence-electron chi connectivity index (χ2n) is 3.48. The van der Waals surface area contributed by atoms with Gasteiger partial charge in [0.05, 0.1) is 6.61 Å². The van der Waals surface area contributed by atoms with Gasteiger partial charge in [0.15, 0.2) is 0 Å². The Hall–Kier alpha value is -0.840. The number of benzene rings is 1. The van der Waals surface area contributed by atoms with Gasteiger partial charge in [-0.1, -0.05) is 12.1 Å². The lowest BCUT2D eigenvalue weighted by molar-refractivity contribution is -0.138. The monoisotopic (exact) mass is 330 g/mol. The van der Waals surface area contributed by atoms with Crippen molar-refractivity contribution in [2.75, 3.05) is 6.61 Å². The van der Waals surface area contributed by atoms with E-state index in [4.69, 9.17) is 4.74 Å². The molecule has 0 aliphatic carbocycles. The molecule has 0 saturated heterocycles. The van der Waals surface area contributed by atoms with Crippen LogP contribution in [0.2, 0.25) is 0 Å². The molecular weight excluding hydrogens is 315 g/mol. The molecule has 0 amide bonds. The van der Waals surface area contributed by atoms with E-state index in [1.807, 2.05) is 32.0 Å². The lowest BCUT2D eigenvalue weighted by atomic mass is 10.0. The van der Waals surface area contributed by atoms with Crippen molar-refractivity contribution in [3.05, 3.63) is 39.0 Å². The molecule has 0 heterocycles. The number of rotatable bonds is 3. The maximum Gasteiger partial charge on any atom is 0.333 e. The summed E-state index contributed by atoms with van der Waals surface area (Å²) in [6, 6.07) is 8.06. The molecule has 0 saturated carbocycles. The van der Waals surface area contributed by atoms with E-state index in [-0.39, 0.29) is 5.97 Å². The average Bonchev–Trinajstić information content (AvgIpc) is 2.27. The van der Waals surface area contributed by atoms with Crippen LogP contribution < -0.4 is 0 Å². The summed E-state index contributed by atoms with van der Waals surface area (Å²) >= 11 is 2.26. The molecule has 0 spiro atoms. The topological polar surface area (TPSA) is 26.3 Å². The summed E-state index contributed by atoms with van der Waals surface area (Å²) in [5, 5.41) is 0. The predicted molar refractivity (Wildman–Crippen MR) is 74.1 cm³/mol. The van der Waals surface area contributed by atoms with Gasteiger partial charge in [0, 0.05) is 9.14 Å². The van der Waals surface area contributed by atoms with Crippen molar-refractivity contribution in [2.45, 2.75) is 20.8 Å². The molecule has 0 fully saturated rings. The number of carbonyl (C=O) groups excluding carboxylic acids is 1. The zero-order valence-electron chi connectivity index (χ0n) is 9.71. The molecule has 1 aromatic rings. The van der Waals surface area contributed by atoms with E-state index in [9.17, 15) is 4.79 Å². The Labute approximate surface area is 110 Å². The van der Waals surface area contributed by atoms with Crippen LogP contribution in [-0.4, -0.2) is 12.6 Å². The minimum absolute atomic E-state index is 0.237. The van der Waals surface area contributed by atoms with Crippen LogP contribution in [0.15, 0.2) is 29.8 Å². The van der Waals surface area contributed by atoms with Crippen molar-refractivity contribution >= 4 is 34.1 Å². The standard InChI is InChI=1S/C13H15IO2/c1-4-16-13(15)10(3)9(2)11-6-5-7-12(14)8-11/h5-8H,4H2,1-3H3/b10-9+. The molecule has 1 rings (SSSR count). The largest absolute Gasteiger partial charge is 0.463 e. The Morgan fingerprint density at radius 2 is 2.06 bits per heavy atom. The molecule has 16 heavy (non-hydrogen) atoms. The van der Waals surface area contributed by atoms with Crippen molar-refractivity contribution < 1.29 is 9.53 Å². The first kappa shape index (κ1) is 13.2. The van der Waals surface area contributed by atoms with Crippen LogP contribution in [0.5, 0.6) is 0 Å². The van der Waals surface area contributed by atoms with E-state index < -0.39 is 0 Å². The van der Waals surface area contributed by atoms with E-state index in [2.05, 4.69) is 28.7 Å². The van der Waals surface area contributed by atoms with Gasteiger partial charge in [0.2, 0.25) is 0 Å². The van der Waals surface area contributed by atoms with Gasteiger partial charge in [-0.3, -0.25) is 0 Å². The third-order valence-electron chi connectivity index (χ3n) is 2.40. The van der Waals surface area contributed by atoms with E-state index in [1.54, 1.807) is 6.92 Å². The summed E-state index contributed by atoms with van der Waals surface area (Å²) in [6.45, 7) is 5.96. The molecule has 1 aromatic carbocycles. The van der Waals surface area contributed by atoms with Gasteiger partial charge in [0.25, 0.3) is 0 Å². The van der Waals surface area contributed by atoms with Gasteiger partial charge in [-0.15, -0.1) is 0 Å². The predicted octanol–water partition coefficient (Wildman–Crippen LogP) is 3.65. The highest BCUT2D eigenvalue weighted by molar-refractivity contribution is 14.1. The van der Waals surface area contributed by atoms with Crippen molar-refractivity contribution in [1.82, 2.24) is 0 Å². The summed E-state index contributed by atoms with van der Waals surface area (Å²) in [6.07, 6.45) is 0. The Bertz CT molecular complexity index is 422. The SMILES string of the molecule is CCOC(=O)/C(C)=C(\C)c1cccc(I)c1. The lowest BCUT2D eigenvalue weighted by Gasteiger charge is -2.07. The van der Waals surface area contributed by atoms with Crippen molar-refractivity contribution in [3.8, 4) is 0 Å². The maximum atomic E-state index is 11.6. The Morgan fingerprint density at radius 3 is 2.62 bits per heavy atom. The number of halogens is 1. The number of carbonyl (C=O) groups is 1. The van der Waals surface area contributed by atoms with Crippen LogP contribution in [0.3, 0.4) is 0 Å². The molecule has 0 unspecified atom stereocenters. The van der Waals surface area contributed by atoms with Crippen LogP contribution in [0.25, 0.3) is 5.57 Å². The fraction of sp³-hybridized carbons (Fsp3) is 0.308. The number of allylic oxidation sites excluding steroid dienone is 1. The highest BCUT2D eigenvalue weighted by atomic mass is 127. The van der Waals surface area contributed by atoms with E-state index in [0.29, 0.717) is 12.2 Å². The number of hydrogen-bond acceptors (Lipinski definition) is 2. The van der Waals surface area contributed by atoms with Crippen LogP contribution in [0.1, 0.15) is 26.3 Å². The molecule has 0 N–H and O–H groups in total. The van der Waals surface area contributed by atoms with Gasteiger partial charge in [-0.25, -0.2) is 4.79 Å². The molecule has 0 aromatic heterocycles. The molecule has 0 aliphatic heterocycles. The molecule has 3 heteroatoms. The zero-order chi connectivity index (χ0) is 12.1. The number of ether oxygens (including phenoxy) is 1. The van der Waals surface area contributed by atoms with E-state index in [0.717, 1.165) is 14.7 Å². The minimum Gasteiger partial charge on any atom is -0.463 e. The first-order valence-electron chi connectivity index (χ1n) is 5.16. The number of hydrogen-bond donors (Lipinski definition) is 0. The van der Waals surface area contributed by atoms with Crippen LogP contribution in [-0.2, 0) is 9.53 Å². The molecule has 0 atom stereocenters. The smallest absolute Gasteiger partial charge is 0.333 e. The fourth-order valence-electron chi connectivity index (χ4n) is 1.33. The summed E-state index contributed by atoms with van der Waals surface area (Å²) < 4.78 is 6.14. The molecule has 2 nitrogen and oxygen atoms in total. The quantitative estimate of drug-likeness (QED) is 0.480. The molecule has 0 aliphatic rings. The highest BCUT2D eigenvalue weighted by Crippen LogP contribution is 2.20. The number of esters is 1. The summed E-state index contributed by atoms with van der Waals surface area (Å²) in [5.41, 5.74) is 2.71. The molecule has 0 bridgehead atoms. The fourth-order valence-corrected chi connectivity index (χ4v) is 1.87. The Balaban J connectivity index is 3.03. The van der Waals surface area contributed by atoms with Gasteiger partial charge in [0.1, 0.15) is 0 Å². The Morgan fingerprint density at radius 1 is 1.38 bits per heavy atom. The van der Waals surface area contributed by atoms with E-state index >= 15 is 0 Å². The molecular formula is C13H15IO2.